The number of piperidine rings is 1. The third-order valence-corrected chi connectivity index (χ3v) is 4.70. The van der Waals surface area contributed by atoms with Crippen LogP contribution in [0.25, 0.3) is 0 Å². The predicted molar refractivity (Wildman–Crippen MR) is 103 cm³/mol. The number of likely N-dealkylation sites (tertiary alicyclic amines) is 1. The molecule has 0 spiro atoms. The van der Waals surface area contributed by atoms with E-state index in [1.807, 2.05) is 37.3 Å². The standard InChI is InChI=1S/C19H25N5O3/c1-13-12-17(23-27-13)22-18(25)14(2)24-10-8-16(9-11-24)21-19(26)20-15-6-4-3-5-7-15/h3-7,12,14,16H,8-11H2,1-2H3,(H2,20,21,26)(H,22,23,25)/t14-/m1/s1. The van der Waals surface area contributed by atoms with Crippen molar-refractivity contribution in [2.75, 3.05) is 23.7 Å². The molecule has 0 unspecified atom stereocenters. The summed E-state index contributed by atoms with van der Waals surface area (Å²) in [6.45, 7) is 5.13. The van der Waals surface area contributed by atoms with Gasteiger partial charge in [-0.3, -0.25) is 9.69 Å². The summed E-state index contributed by atoms with van der Waals surface area (Å²) >= 11 is 0. The van der Waals surface area contributed by atoms with Crippen molar-refractivity contribution in [2.24, 2.45) is 0 Å². The Labute approximate surface area is 158 Å². The van der Waals surface area contributed by atoms with E-state index < -0.39 is 0 Å². The summed E-state index contributed by atoms with van der Waals surface area (Å²) in [4.78, 5) is 26.6. The Morgan fingerprint density at radius 1 is 1.19 bits per heavy atom. The SMILES string of the molecule is Cc1cc(NC(=O)[C@@H](C)N2CCC(NC(=O)Nc3ccccc3)CC2)no1. The summed E-state index contributed by atoms with van der Waals surface area (Å²) in [5.74, 6) is 0.966. The smallest absolute Gasteiger partial charge is 0.319 e. The third kappa shape index (κ3) is 5.30. The number of hydrogen-bond donors (Lipinski definition) is 3. The summed E-state index contributed by atoms with van der Waals surface area (Å²) in [5, 5.41) is 12.4. The molecule has 1 saturated heterocycles. The van der Waals surface area contributed by atoms with Gasteiger partial charge in [-0.1, -0.05) is 23.4 Å². The second-order valence-corrected chi connectivity index (χ2v) is 6.76. The van der Waals surface area contributed by atoms with Gasteiger partial charge in [0.15, 0.2) is 5.82 Å². The van der Waals surface area contributed by atoms with E-state index in [9.17, 15) is 9.59 Å². The number of amides is 3. The van der Waals surface area contributed by atoms with Gasteiger partial charge in [0.2, 0.25) is 5.91 Å². The first-order valence-corrected chi connectivity index (χ1v) is 9.12. The molecular formula is C19H25N5O3. The molecule has 0 radical (unpaired) electrons. The average Bonchev–Trinajstić information content (AvgIpc) is 3.07. The number of para-hydroxylation sites is 1. The Hall–Kier alpha value is -2.87. The van der Waals surface area contributed by atoms with Crippen LogP contribution in [-0.4, -0.2) is 47.2 Å². The lowest BCUT2D eigenvalue weighted by molar-refractivity contribution is -0.121. The van der Waals surface area contributed by atoms with E-state index >= 15 is 0 Å². The molecule has 2 aromatic rings. The summed E-state index contributed by atoms with van der Waals surface area (Å²) in [7, 11) is 0. The van der Waals surface area contributed by atoms with Crippen LogP contribution >= 0.6 is 0 Å². The lowest BCUT2D eigenvalue weighted by Gasteiger charge is -2.35. The minimum atomic E-state index is -0.277. The molecule has 1 aromatic heterocycles. The summed E-state index contributed by atoms with van der Waals surface area (Å²) in [6, 6.07) is 10.7. The molecule has 3 rings (SSSR count). The molecule has 0 saturated carbocycles. The molecule has 1 fully saturated rings. The Balaban J connectivity index is 1.42. The van der Waals surface area contributed by atoms with Crippen molar-refractivity contribution in [3.63, 3.8) is 0 Å². The van der Waals surface area contributed by atoms with Crippen LogP contribution < -0.4 is 16.0 Å². The van der Waals surface area contributed by atoms with Gasteiger partial charge in [-0.25, -0.2) is 4.79 Å². The van der Waals surface area contributed by atoms with E-state index in [4.69, 9.17) is 4.52 Å². The number of benzene rings is 1. The van der Waals surface area contributed by atoms with E-state index in [1.54, 1.807) is 13.0 Å². The van der Waals surface area contributed by atoms with Gasteiger partial charge in [-0.15, -0.1) is 0 Å². The van der Waals surface area contributed by atoms with E-state index in [0.717, 1.165) is 31.6 Å². The van der Waals surface area contributed by atoms with Crippen LogP contribution in [0.4, 0.5) is 16.3 Å². The van der Waals surface area contributed by atoms with E-state index in [1.165, 1.54) is 0 Å². The normalized spacial score (nSPS) is 16.5. The number of rotatable bonds is 5. The summed E-state index contributed by atoms with van der Waals surface area (Å²) in [5.41, 5.74) is 0.765. The van der Waals surface area contributed by atoms with Gasteiger partial charge in [0.25, 0.3) is 0 Å². The fourth-order valence-corrected chi connectivity index (χ4v) is 3.13. The molecular weight excluding hydrogens is 346 g/mol. The monoisotopic (exact) mass is 371 g/mol. The molecule has 8 heteroatoms. The van der Waals surface area contributed by atoms with Crippen LogP contribution in [0.15, 0.2) is 40.9 Å². The summed E-state index contributed by atoms with van der Waals surface area (Å²) in [6.07, 6.45) is 1.59. The van der Waals surface area contributed by atoms with Crippen LogP contribution in [0.3, 0.4) is 0 Å². The van der Waals surface area contributed by atoms with Crippen molar-refractivity contribution in [2.45, 2.75) is 38.8 Å². The van der Waals surface area contributed by atoms with Gasteiger partial charge in [-0.05, 0) is 38.8 Å². The van der Waals surface area contributed by atoms with Gasteiger partial charge in [0, 0.05) is 30.9 Å². The maximum Gasteiger partial charge on any atom is 0.319 e. The lowest BCUT2D eigenvalue weighted by Crippen LogP contribution is -2.51. The number of aromatic nitrogens is 1. The van der Waals surface area contributed by atoms with E-state index in [-0.39, 0.29) is 24.0 Å². The number of nitrogens with one attached hydrogen (secondary N) is 3. The molecule has 8 nitrogen and oxygen atoms in total. The zero-order valence-electron chi connectivity index (χ0n) is 15.6. The zero-order chi connectivity index (χ0) is 19.2. The molecule has 144 valence electrons. The molecule has 0 aliphatic carbocycles. The van der Waals surface area contributed by atoms with Gasteiger partial charge in [0.05, 0.1) is 6.04 Å². The Morgan fingerprint density at radius 2 is 1.89 bits per heavy atom. The Kier molecular flexibility index (Phi) is 6.08. The van der Waals surface area contributed by atoms with Crippen LogP contribution in [0.1, 0.15) is 25.5 Å². The summed E-state index contributed by atoms with van der Waals surface area (Å²) < 4.78 is 4.96. The first kappa shape index (κ1) is 18.9. The molecule has 1 aromatic carbocycles. The number of aryl methyl sites for hydroxylation is 1. The van der Waals surface area contributed by atoms with Crippen LogP contribution in [0.5, 0.6) is 0 Å². The van der Waals surface area contributed by atoms with E-state index in [2.05, 4.69) is 26.0 Å². The number of hydrogen-bond acceptors (Lipinski definition) is 5. The third-order valence-electron chi connectivity index (χ3n) is 4.70. The highest BCUT2D eigenvalue weighted by Crippen LogP contribution is 2.15. The first-order chi connectivity index (χ1) is 13.0. The van der Waals surface area contributed by atoms with Crippen molar-refractivity contribution >= 4 is 23.4 Å². The van der Waals surface area contributed by atoms with Crippen molar-refractivity contribution in [1.29, 1.82) is 0 Å². The van der Waals surface area contributed by atoms with Crippen molar-refractivity contribution < 1.29 is 14.1 Å². The number of nitrogens with zero attached hydrogens (tertiary/aromatic N) is 2. The molecule has 3 N–H and O–H groups in total. The minimum absolute atomic E-state index is 0.0958. The van der Waals surface area contributed by atoms with Crippen LogP contribution in [0, 0.1) is 6.92 Å². The maximum absolute atomic E-state index is 12.4. The number of carbonyl (C=O) groups excluding carboxylic acids is 2. The zero-order valence-corrected chi connectivity index (χ0v) is 15.6. The van der Waals surface area contributed by atoms with Gasteiger partial charge in [0.1, 0.15) is 5.76 Å². The number of carbonyl (C=O) groups is 2. The first-order valence-electron chi connectivity index (χ1n) is 9.12. The molecule has 0 bridgehead atoms. The number of anilines is 2. The highest BCUT2D eigenvalue weighted by molar-refractivity contribution is 5.93. The maximum atomic E-state index is 12.4. The number of urea groups is 1. The molecule has 1 atom stereocenters. The molecule has 1 aliphatic rings. The lowest BCUT2D eigenvalue weighted by atomic mass is 10.0. The Morgan fingerprint density at radius 3 is 2.52 bits per heavy atom. The molecule has 3 amide bonds. The second-order valence-electron chi connectivity index (χ2n) is 6.76. The molecule has 2 heterocycles. The Bertz CT molecular complexity index is 769. The fraction of sp³-hybridized carbons (Fsp3) is 0.421. The van der Waals surface area contributed by atoms with Crippen LogP contribution in [-0.2, 0) is 4.79 Å². The van der Waals surface area contributed by atoms with Gasteiger partial charge >= 0.3 is 6.03 Å². The van der Waals surface area contributed by atoms with Crippen LogP contribution in [0.2, 0.25) is 0 Å². The van der Waals surface area contributed by atoms with E-state index in [0.29, 0.717) is 11.6 Å². The largest absolute Gasteiger partial charge is 0.360 e. The fourth-order valence-electron chi connectivity index (χ4n) is 3.13. The molecule has 1 aliphatic heterocycles. The molecule has 27 heavy (non-hydrogen) atoms. The van der Waals surface area contributed by atoms with Gasteiger partial charge in [-0.2, -0.15) is 0 Å². The predicted octanol–water partition coefficient (Wildman–Crippen LogP) is 2.60. The second kappa shape index (κ2) is 8.68. The van der Waals surface area contributed by atoms with Crippen molar-refractivity contribution in [3.8, 4) is 0 Å². The van der Waals surface area contributed by atoms with Crippen molar-refractivity contribution in [1.82, 2.24) is 15.4 Å². The van der Waals surface area contributed by atoms with Crippen molar-refractivity contribution in [3.05, 3.63) is 42.2 Å². The quantitative estimate of drug-likeness (QED) is 0.750. The topological polar surface area (TPSA) is 99.5 Å². The highest BCUT2D eigenvalue weighted by Gasteiger charge is 2.27. The minimum Gasteiger partial charge on any atom is -0.360 e. The highest BCUT2D eigenvalue weighted by atomic mass is 16.5. The average molecular weight is 371 g/mol. The van der Waals surface area contributed by atoms with Gasteiger partial charge < -0.3 is 20.5 Å².